The Balaban J connectivity index is 0.000000300. The SMILES string of the molecule is COc1cccnc1.O=[N+]([O-])c1cc([N+](=O)[O-])c(O)c([N+](=O)[O-])c1. The van der Waals surface area contributed by atoms with Crippen molar-refractivity contribution in [3.8, 4) is 11.5 Å². The number of pyridine rings is 1. The van der Waals surface area contributed by atoms with Crippen LogP contribution in [0.2, 0.25) is 0 Å². The second-order valence-corrected chi connectivity index (χ2v) is 4.00. The van der Waals surface area contributed by atoms with E-state index in [4.69, 9.17) is 9.84 Å². The average Bonchev–Trinajstić information content (AvgIpc) is 2.55. The van der Waals surface area contributed by atoms with E-state index in [1.54, 1.807) is 19.5 Å². The van der Waals surface area contributed by atoms with Crippen molar-refractivity contribution in [1.29, 1.82) is 0 Å². The Hall–Kier alpha value is -3.83. The fourth-order valence-electron chi connectivity index (χ4n) is 1.44. The van der Waals surface area contributed by atoms with E-state index in [1.165, 1.54) is 0 Å². The molecule has 1 heterocycles. The Morgan fingerprint density at radius 2 is 1.58 bits per heavy atom. The molecule has 2 aromatic rings. The van der Waals surface area contributed by atoms with Crippen LogP contribution in [0.15, 0.2) is 36.7 Å². The van der Waals surface area contributed by atoms with Crippen molar-refractivity contribution in [2.45, 2.75) is 0 Å². The maximum absolute atomic E-state index is 10.4. The molecule has 0 saturated carbocycles. The Morgan fingerprint density at radius 1 is 1.04 bits per heavy atom. The lowest BCUT2D eigenvalue weighted by molar-refractivity contribution is -0.404. The number of benzene rings is 1. The third kappa shape index (κ3) is 4.59. The first kappa shape index (κ1) is 18.2. The fourth-order valence-corrected chi connectivity index (χ4v) is 1.44. The number of rotatable bonds is 4. The summed E-state index contributed by atoms with van der Waals surface area (Å²) in [6, 6.07) is 4.58. The highest BCUT2D eigenvalue weighted by atomic mass is 16.6. The van der Waals surface area contributed by atoms with E-state index in [0.29, 0.717) is 12.1 Å². The van der Waals surface area contributed by atoms with Gasteiger partial charge in [-0.05, 0) is 12.1 Å². The Bertz CT molecular complexity index is 730. The minimum absolute atomic E-state index is 0.447. The molecule has 0 fully saturated rings. The molecule has 0 radical (unpaired) electrons. The summed E-state index contributed by atoms with van der Waals surface area (Å²) in [5.74, 6) is -0.409. The number of nitro groups is 3. The first-order chi connectivity index (χ1) is 11.3. The van der Waals surface area contributed by atoms with Gasteiger partial charge in [-0.25, -0.2) is 0 Å². The lowest BCUT2D eigenvalue weighted by Gasteiger charge is -1.97. The molecule has 0 aliphatic carbocycles. The standard InChI is InChI=1S/C6H3N3O7.C6H7NO/c10-6-4(8(13)14)1-3(7(11)12)2-5(6)9(15)16;1-8-6-3-2-4-7-5-6/h1-2,10H;2-5H,1H3. The predicted molar refractivity (Wildman–Crippen MR) is 78.9 cm³/mol. The van der Waals surface area contributed by atoms with E-state index in [2.05, 4.69) is 4.98 Å². The lowest BCUT2D eigenvalue weighted by atomic mass is 10.2. The maximum atomic E-state index is 10.4. The molecular formula is C12H10N4O8. The van der Waals surface area contributed by atoms with Crippen molar-refractivity contribution in [1.82, 2.24) is 4.98 Å². The molecule has 0 atom stereocenters. The molecule has 0 unspecified atom stereocenters. The van der Waals surface area contributed by atoms with E-state index >= 15 is 0 Å². The second-order valence-electron chi connectivity index (χ2n) is 4.00. The molecule has 126 valence electrons. The topological polar surface area (TPSA) is 172 Å². The Morgan fingerprint density at radius 3 is 1.88 bits per heavy atom. The number of hydrogen-bond acceptors (Lipinski definition) is 9. The number of phenolic OH excluding ortho intramolecular Hbond substituents is 1. The number of non-ortho nitro benzene ring substituents is 1. The van der Waals surface area contributed by atoms with Gasteiger partial charge in [0.15, 0.2) is 0 Å². The number of methoxy groups -OCH3 is 1. The van der Waals surface area contributed by atoms with Gasteiger partial charge >= 0.3 is 11.4 Å². The van der Waals surface area contributed by atoms with Crippen LogP contribution in [0.3, 0.4) is 0 Å². The van der Waals surface area contributed by atoms with Gasteiger partial charge in [-0.3, -0.25) is 35.3 Å². The largest absolute Gasteiger partial charge is 0.497 e. The zero-order valence-corrected chi connectivity index (χ0v) is 12.1. The Labute approximate surface area is 133 Å². The summed E-state index contributed by atoms with van der Waals surface area (Å²) in [4.78, 5) is 31.6. The van der Waals surface area contributed by atoms with Crippen molar-refractivity contribution in [3.63, 3.8) is 0 Å². The molecule has 1 N–H and O–H groups in total. The number of aromatic hydroxyl groups is 1. The molecule has 0 amide bonds. The van der Waals surface area contributed by atoms with E-state index in [-0.39, 0.29) is 0 Å². The summed E-state index contributed by atoms with van der Waals surface area (Å²) >= 11 is 0. The van der Waals surface area contributed by atoms with Gasteiger partial charge in [0, 0.05) is 6.20 Å². The maximum Gasteiger partial charge on any atom is 0.324 e. The van der Waals surface area contributed by atoms with Crippen LogP contribution in [0.4, 0.5) is 17.1 Å². The van der Waals surface area contributed by atoms with Gasteiger partial charge < -0.3 is 9.84 Å². The van der Waals surface area contributed by atoms with Gasteiger partial charge in [-0.1, -0.05) is 0 Å². The summed E-state index contributed by atoms with van der Waals surface area (Å²) in [6.45, 7) is 0. The molecule has 0 bridgehead atoms. The number of hydrogen-bond donors (Lipinski definition) is 1. The van der Waals surface area contributed by atoms with Crippen LogP contribution in [0, 0.1) is 30.3 Å². The number of nitro benzene ring substituents is 3. The van der Waals surface area contributed by atoms with Gasteiger partial charge in [0.2, 0.25) is 0 Å². The number of nitrogens with zero attached hydrogens (tertiary/aromatic N) is 4. The van der Waals surface area contributed by atoms with Crippen LogP contribution < -0.4 is 4.74 Å². The lowest BCUT2D eigenvalue weighted by Crippen LogP contribution is -1.97. The molecule has 12 nitrogen and oxygen atoms in total. The average molecular weight is 338 g/mol. The smallest absolute Gasteiger partial charge is 0.324 e. The Kier molecular flexibility index (Phi) is 6.05. The molecule has 0 aliphatic heterocycles. The number of phenols is 1. The van der Waals surface area contributed by atoms with Gasteiger partial charge in [0.05, 0.1) is 40.2 Å². The van der Waals surface area contributed by atoms with Crippen molar-refractivity contribution in [2.24, 2.45) is 0 Å². The minimum atomic E-state index is -1.21. The van der Waals surface area contributed by atoms with E-state index in [9.17, 15) is 30.3 Å². The normalized spacial score (nSPS) is 9.38. The third-order valence-corrected chi connectivity index (χ3v) is 2.53. The summed E-state index contributed by atoms with van der Waals surface area (Å²) in [5, 5.41) is 40.2. The van der Waals surface area contributed by atoms with Crippen molar-refractivity contribution < 1.29 is 24.6 Å². The third-order valence-electron chi connectivity index (χ3n) is 2.53. The quantitative estimate of drug-likeness (QED) is 0.647. The molecule has 1 aromatic heterocycles. The van der Waals surface area contributed by atoms with Crippen molar-refractivity contribution >= 4 is 17.1 Å². The highest BCUT2D eigenvalue weighted by molar-refractivity contribution is 5.64. The van der Waals surface area contributed by atoms with Crippen molar-refractivity contribution in [3.05, 3.63) is 67.0 Å². The van der Waals surface area contributed by atoms with Gasteiger partial charge in [-0.15, -0.1) is 0 Å². The van der Waals surface area contributed by atoms with Gasteiger partial charge in [-0.2, -0.15) is 0 Å². The van der Waals surface area contributed by atoms with Crippen LogP contribution in [0.25, 0.3) is 0 Å². The second kappa shape index (κ2) is 7.98. The van der Waals surface area contributed by atoms with Crippen molar-refractivity contribution in [2.75, 3.05) is 7.11 Å². The molecule has 1 aromatic carbocycles. The molecule has 24 heavy (non-hydrogen) atoms. The first-order valence-corrected chi connectivity index (χ1v) is 6.02. The summed E-state index contributed by atoms with van der Waals surface area (Å²) in [6.07, 6.45) is 3.38. The first-order valence-electron chi connectivity index (χ1n) is 6.02. The van der Waals surface area contributed by atoms with Crippen LogP contribution >= 0.6 is 0 Å². The van der Waals surface area contributed by atoms with Crippen LogP contribution in [-0.2, 0) is 0 Å². The minimum Gasteiger partial charge on any atom is -0.497 e. The molecule has 12 heteroatoms. The molecule has 2 rings (SSSR count). The van der Waals surface area contributed by atoms with Gasteiger partial charge in [0.25, 0.3) is 11.4 Å². The zero-order valence-electron chi connectivity index (χ0n) is 12.1. The molecule has 0 aliphatic rings. The molecule has 0 saturated heterocycles. The highest BCUT2D eigenvalue weighted by Gasteiger charge is 2.30. The van der Waals surface area contributed by atoms with Crippen LogP contribution in [0.5, 0.6) is 11.5 Å². The number of ether oxygens (including phenoxy) is 1. The van der Waals surface area contributed by atoms with Crippen LogP contribution in [0.1, 0.15) is 0 Å². The zero-order chi connectivity index (χ0) is 18.3. The summed E-state index contributed by atoms with van der Waals surface area (Å²) < 4.78 is 4.85. The van der Waals surface area contributed by atoms with Crippen LogP contribution in [-0.4, -0.2) is 32.0 Å². The van der Waals surface area contributed by atoms with E-state index < -0.39 is 37.6 Å². The van der Waals surface area contributed by atoms with E-state index in [0.717, 1.165) is 5.75 Å². The fraction of sp³-hybridized carbons (Fsp3) is 0.0833. The molecular weight excluding hydrogens is 328 g/mol. The summed E-state index contributed by atoms with van der Waals surface area (Å²) in [5.41, 5.74) is -3.00. The van der Waals surface area contributed by atoms with Gasteiger partial charge in [0.1, 0.15) is 5.75 Å². The highest BCUT2D eigenvalue weighted by Crippen LogP contribution is 2.38. The number of aromatic nitrogens is 1. The monoisotopic (exact) mass is 338 g/mol. The summed E-state index contributed by atoms with van der Waals surface area (Å²) in [7, 11) is 1.62. The molecule has 0 spiro atoms. The predicted octanol–water partition coefficient (Wildman–Crippen LogP) is 2.21. The van der Waals surface area contributed by atoms with E-state index in [1.807, 2.05) is 12.1 Å².